The zero-order valence-electron chi connectivity index (χ0n) is 14.6. The summed E-state index contributed by atoms with van der Waals surface area (Å²) in [5, 5.41) is 8.58. The molecule has 0 spiro atoms. The number of carbonyl (C=O) groups is 1. The summed E-state index contributed by atoms with van der Waals surface area (Å²) in [5.74, 6) is 0.00757. The highest BCUT2D eigenvalue weighted by atomic mass is 19.1. The summed E-state index contributed by atoms with van der Waals surface area (Å²) in [6.45, 7) is 2.28. The van der Waals surface area contributed by atoms with Crippen LogP contribution < -0.4 is 4.90 Å². The third kappa shape index (κ3) is 3.62. The van der Waals surface area contributed by atoms with Gasteiger partial charge in [0.15, 0.2) is 5.82 Å². The standard InChI is InChI=1S/C20H18FN5O/c21-17-6-2-1-5-16(17)20(27)26-12-10-25(11-13-26)19-8-7-18(23-24-19)15-4-3-9-22-14-15/h1-9,14H,10-13H2. The predicted molar refractivity (Wildman–Crippen MR) is 99.8 cm³/mol. The Morgan fingerprint density at radius 1 is 0.926 bits per heavy atom. The van der Waals surface area contributed by atoms with Gasteiger partial charge in [0.2, 0.25) is 0 Å². The summed E-state index contributed by atoms with van der Waals surface area (Å²) in [6.07, 6.45) is 3.46. The number of amides is 1. The van der Waals surface area contributed by atoms with Gasteiger partial charge in [-0.1, -0.05) is 12.1 Å². The van der Waals surface area contributed by atoms with Crippen LogP contribution in [0.3, 0.4) is 0 Å². The fourth-order valence-electron chi connectivity index (χ4n) is 3.11. The van der Waals surface area contributed by atoms with Crippen LogP contribution in [0.1, 0.15) is 10.4 Å². The van der Waals surface area contributed by atoms with Gasteiger partial charge in [0.25, 0.3) is 5.91 Å². The Morgan fingerprint density at radius 3 is 2.41 bits per heavy atom. The number of benzene rings is 1. The number of rotatable bonds is 3. The first kappa shape index (κ1) is 17.1. The van der Waals surface area contributed by atoms with E-state index >= 15 is 0 Å². The molecule has 1 aromatic carbocycles. The van der Waals surface area contributed by atoms with Crippen molar-refractivity contribution in [2.45, 2.75) is 0 Å². The van der Waals surface area contributed by atoms with Crippen LogP contribution in [0.15, 0.2) is 60.9 Å². The molecule has 3 heterocycles. The lowest BCUT2D eigenvalue weighted by molar-refractivity contribution is 0.0742. The highest BCUT2D eigenvalue weighted by molar-refractivity contribution is 5.94. The van der Waals surface area contributed by atoms with E-state index in [0.717, 1.165) is 17.1 Å². The molecule has 1 saturated heterocycles. The van der Waals surface area contributed by atoms with E-state index in [1.54, 1.807) is 29.4 Å². The number of halogens is 1. The molecule has 136 valence electrons. The van der Waals surface area contributed by atoms with E-state index in [2.05, 4.69) is 20.1 Å². The van der Waals surface area contributed by atoms with Crippen molar-refractivity contribution in [3.8, 4) is 11.3 Å². The largest absolute Gasteiger partial charge is 0.352 e. The van der Waals surface area contributed by atoms with Crippen LogP contribution in [-0.2, 0) is 0 Å². The van der Waals surface area contributed by atoms with E-state index in [0.29, 0.717) is 26.2 Å². The number of pyridine rings is 1. The minimum atomic E-state index is -0.484. The Labute approximate surface area is 156 Å². The predicted octanol–water partition coefficient (Wildman–Crippen LogP) is 2.64. The Kier molecular flexibility index (Phi) is 4.74. The van der Waals surface area contributed by atoms with Crippen molar-refractivity contribution < 1.29 is 9.18 Å². The molecule has 4 rings (SSSR count). The first-order chi connectivity index (χ1) is 13.2. The zero-order chi connectivity index (χ0) is 18.6. The Balaban J connectivity index is 1.41. The van der Waals surface area contributed by atoms with E-state index < -0.39 is 5.82 Å². The van der Waals surface area contributed by atoms with Crippen molar-refractivity contribution in [3.05, 3.63) is 72.3 Å². The zero-order valence-corrected chi connectivity index (χ0v) is 14.6. The van der Waals surface area contributed by atoms with E-state index in [1.165, 1.54) is 12.1 Å². The van der Waals surface area contributed by atoms with Crippen molar-refractivity contribution >= 4 is 11.7 Å². The molecule has 0 aliphatic carbocycles. The highest BCUT2D eigenvalue weighted by Gasteiger charge is 2.24. The lowest BCUT2D eigenvalue weighted by Gasteiger charge is -2.35. The molecule has 0 saturated carbocycles. The van der Waals surface area contributed by atoms with E-state index in [1.807, 2.05) is 24.3 Å². The van der Waals surface area contributed by atoms with Crippen LogP contribution in [-0.4, -0.2) is 52.2 Å². The molecule has 2 aromatic heterocycles. The summed E-state index contributed by atoms with van der Waals surface area (Å²) in [6, 6.07) is 13.7. The topological polar surface area (TPSA) is 62.2 Å². The van der Waals surface area contributed by atoms with Gasteiger partial charge in [-0.15, -0.1) is 10.2 Å². The van der Waals surface area contributed by atoms with Gasteiger partial charge in [0, 0.05) is 44.1 Å². The SMILES string of the molecule is O=C(c1ccccc1F)N1CCN(c2ccc(-c3cccnc3)nn2)CC1. The molecular weight excluding hydrogens is 345 g/mol. The average molecular weight is 363 g/mol. The van der Waals surface area contributed by atoms with Gasteiger partial charge in [0.05, 0.1) is 11.3 Å². The second-order valence-electron chi connectivity index (χ2n) is 6.28. The van der Waals surface area contributed by atoms with Crippen LogP contribution in [0.5, 0.6) is 0 Å². The first-order valence-corrected chi connectivity index (χ1v) is 8.75. The molecule has 0 N–H and O–H groups in total. The number of hydrogen-bond acceptors (Lipinski definition) is 5. The molecule has 1 amide bonds. The van der Waals surface area contributed by atoms with Gasteiger partial charge in [-0.25, -0.2) is 4.39 Å². The molecule has 0 unspecified atom stereocenters. The normalized spacial score (nSPS) is 14.3. The molecule has 1 fully saturated rings. The summed E-state index contributed by atoms with van der Waals surface area (Å²) in [5.41, 5.74) is 1.80. The monoisotopic (exact) mass is 363 g/mol. The van der Waals surface area contributed by atoms with Gasteiger partial charge in [-0.3, -0.25) is 9.78 Å². The summed E-state index contributed by atoms with van der Waals surface area (Å²) in [7, 11) is 0. The Hall–Kier alpha value is -3.35. The molecule has 6 nitrogen and oxygen atoms in total. The third-order valence-corrected chi connectivity index (χ3v) is 4.60. The summed E-state index contributed by atoms with van der Waals surface area (Å²) >= 11 is 0. The quantitative estimate of drug-likeness (QED) is 0.716. The van der Waals surface area contributed by atoms with Crippen LogP contribution >= 0.6 is 0 Å². The molecule has 0 bridgehead atoms. The van der Waals surface area contributed by atoms with Crippen molar-refractivity contribution in [2.24, 2.45) is 0 Å². The lowest BCUT2D eigenvalue weighted by atomic mass is 10.1. The second kappa shape index (κ2) is 7.49. The number of piperazine rings is 1. The van der Waals surface area contributed by atoms with Crippen molar-refractivity contribution in [3.63, 3.8) is 0 Å². The maximum Gasteiger partial charge on any atom is 0.256 e. The Morgan fingerprint density at radius 2 is 1.74 bits per heavy atom. The maximum atomic E-state index is 13.8. The summed E-state index contributed by atoms with van der Waals surface area (Å²) < 4.78 is 13.8. The van der Waals surface area contributed by atoms with Gasteiger partial charge < -0.3 is 9.80 Å². The number of hydrogen-bond donors (Lipinski definition) is 0. The van der Waals surface area contributed by atoms with Crippen molar-refractivity contribution in [2.75, 3.05) is 31.1 Å². The van der Waals surface area contributed by atoms with E-state index in [9.17, 15) is 9.18 Å². The maximum absolute atomic E-state index is 13.8. The molecule has 0 radical (unpaired) electrons. The Bertz CT molecular complexity index is 925. The number of carbonyl (C=O) groups excluding carboxylic acids is 1. The molecule has 27 heavy (non-hydrogen) atoms. The van der Waals surface area contributed by atoms with Gasteiger partial charge in [-0.05, 0) is 36.4 Å². The van der Waals surface area contributed by atoms with Gasteiger partial charge in [-0.2, -0.15) is 0 Å². The smallest absolute Gasteiger partial charge is 0.256 e. The second-order valence-corrected chi connectivity index (χ2v) is 6.28. The minimum absolute atomic E-state index is 0.117. The molecule has 3 aromatic rings. The molecular formula is C20H18FN5O. The molecule has 1 aliphatic rings. The van der Waals surface area contributed by atoms with Crippen LogP contribution in [0.4, 0.5) is 10.2 Å². The molecule has 1 aliphatic heterocycles. The average Bonchev–Trinajstić information content (AvgIpc) is 2.74. The van der Waals surface area contributed by atoms with Gasteiger partial charge >= 0.3 is 0 Å². The van der Waals surface area contributed by atoms with E-state index in [4.69, 9.17) is 0 Å². The number of nitrogens with zero attached hydrogens (tertiary/aromatic N) is 5. The third-order valence-electron chi connectivity index (χ3n) is 4.60. The first-order valence-electron chi connectivity index (χ1n) is 8.75. The lowest BCUT2D eigenvalue weighted by Crippen LogP contribution is -2.49. The minimum Gasteiger partial charge on any atom is -0.352 e. The number of aromatic nitrogens is 3. The molecule has 0 atom stereocenters. The molecule has 7 heteroatoms. The number of anilines is 1. The fraction of sp³-hybridized carbons (Fsp3) is 0.200. The van der Waals surface area contributed by atoms with E-state index in [-0.39, 0.29) is 11.5 Å². The van der Waals surface area contributed by atoms with Crippen LogP contribution in [0.2, 0.25) is 0 Å². The highest BCUT2D eigenvalue weighted by Crippen LogP contribution is 2.19. The van der Waals surface area contributed by atoms with Crippen molar-refractivity contribution in [1.29, 1.82) is 0 Å². The fourth-order valence-corrected chi connectivity index (χ4v) is 3.11. The van der Waals surface area contributed by atoms with Gasteiger partial charge in [0.1, 0.15) is 5.82 Å². The van der Waals surface area contributed by atoms with Crippen LogP contribution in [0.25, 0.3) is 11.3 Å². The van der Waals surface area contributed by atoms with Crippen molar-refractivity contribution in [1.82, 2.24) is 20.1 Å². The summed E-state index contributed by atoms with van der Waals surface area (Å²) in [4.78, 5) is 20.3. The van der Waals surface area contributed by atoms with Crippen LogP contribution in [0, 0.1) is 5.82 Å².